The van der Waals surface area contributed by atoms with Crippen LogP contribution in [0, 0.1) is 12.7 Å². The molecular formula is C19H20FNO4S. The molecule has 26 heavy (non-hydrogen) atoms. The standard InChI is InChI=1S/C19H20FNO4S/c1-3-25-18(22)19(21)16(13-5-4-6-14(20)11-13)17(19)26(23,24)15-9-7-12(2)8-10-15/h4-11,16-17H,3,21H2,1-2H3/t16-,17-,19+/m0/s1. The summed E-state index contributed by atoms with van der Waals surface area (Å²) in [4.78, 5) is 12.5. The van der Waals surface area contributed by atoms with Crippen molar-refractivity contribution in [2.24, 2.45) is 5.73 Å². The summed E-state index contributed by atoms with van der Waals surface area (Å²) in [6, 6.07) is 11.8. The van der Waals surface area contributed by atoms with E-state index in [1.165, 1.54) is 30.3 Å². The van der Waals surface area contributed by atoms with Gasteiger partial charge in [-0.1, -0.05) is 29.8 Å². The number of hydrogen-bond acceptors (Lipinski definition) is 5. The van der Waals surface area contributed by atoms with Crippen molar-refractivity contribution >= 4 is 15.8 Å². The van der Waals surface area contributed by atoms with Gasteiger partial charge in [0.25, 0.3) is 0 Å². The van der Waals surface area contributed by atoms with Crippen LogP contribution in [0.15, 0.2) is 53.4 Å². The van der Waals surface area contributed by atoms with E-state index in [9.17, 15) is 17.6 Å². The number of nitrogens with two attached hydrogens (primary N) is 1. The number of benzene rings is 2. The van der Waals surface area contributed by atoms with Crippen molar-refractivity contribution in [3.63, 3.8) is 0 Å². The first kappa shape index (κ1) is 18.5. The van der Waals surface area contributed by atoms with Gasteiger partial charge in [-0.2, -0.15) is 0 Å². The number of carbonyl (C=O) groups is 1. The molecule has 1 aliphatic carbocycles. The number of halogens is 1. The molecule has 2 aromatic carbocycles. The second-order valence-electron chi connectivity index (χ2n) is 6.46. The van der Waals surface area contributed by atoms with Crippen LogP contribution in [0.2, 0.25) is 0 Å². The maximum absolute atomic E-state index is 13.6. The molecule has 1 aliphatic rings. The van der Waals surface area contributed by atoms with Gasteiger partial charge >= 0.3 is 5.97 Å². The summed E-state index contributed by atoms with van der Waals surface area (Å²) in [6.45, 7) is 3.53. The zero-order valence-electron chi connectivity index (χ0n) is 14.5. The fourth-order valence-corrected chi connectivity index (χ4v) is 5.56. The first-order chi connectivity index (χ1) is 12.2. The minimum atomic E-state index is -3.91. The molecule has 2 N–H and O–H groups in total. The minimum Gasteiger partial charge on any atom is -0.465 e. The molecule has 7 heteroatoms. The summed E-state index contributed by atoms with van der Waals surface area (Å²) in [6.07, 6.45) is 0. The normalized spacial score (nSPS) is 24.9. The summed E-state index contributed by atoms with van der Waals surface area (Å²) in [7, 11) is -3.91. The third-order valence-electron chi connectivity index (χ3n) is 4.70. The van der Waals surface area contributed by atoms with E-state index in [2.05, 4.69) is 0 Å². The maximum atomic E-state index is 13.6. The largest absolute Gasteiger partial charge is 0.465 e. The van der Waals surface area contributed by atoms with E-state index in [4.69, 9.17) is 10.5 Å². The molecule has 0 heterocycles. The Hall–Kier alpha value is -2.25. The monoisotopic (exact) mass is 377 g/mol. The lowest BCUT2D eigenvalue weighted by Crippen LogP contribution is -2.41. The van der Waals surface area contributed by atoms with Crippen LogP contribution in [0.1, 0.15) is 24.0 Å². The van der Waals surface area contributed by atoms with E-state index in [0.29, 0.717) is 5.56 Å². The molecule has 0 spiro atoms. The Labute approximate surface area is 151 Å². The highest BCUT2D eigenvalue weighted by Crippen LogP contribution is 2.56. The Morgan fingerprint density at radius 2 is 1.88 bits per heavy atom. The summed E-state index contributed by atoms with van der Waals surface area (Å²) < 4.78 is 44.9. The summed E-state index contributed by atoms with van der Waals surface area (Å²) in [5.41, 5.74) is 5.75. The topological polar surface area (TPSA) is 86.5 Å². The molecule has 3 rings (SSSR count). The smallest absolute Gasteiger partial charge is 0.328 e. The maximum Gasteiger partial charge on any atom is 0.328 e. The van der Waals surface area contributed by atoms with Crippen molar-refractivity contribution in [1.29, 1.82) is 0 Å². The van der Waals surface area contributed by atoms with Gasteiger partial charge in [0.15, 0.2) is 9.84 Å². The molecule has 2 aromatic rings. The molecule has 0 aliphatic heterocycles. The van der Waals surface area contributed by atoms with Crippen LogP contribution in [-0.4, -0.2) is 31.8 Å². The molecule has 0 amide bonds. The molecular weight excluding hydrogens is 357 g/mol. The van der Waals surface area contributed by atoms with Crippen LogP contribution in [-0.2, 0) is 19.4 Å². The van der Waals surface area contributed by atoms with Gasteiger partial charge in [-0.05, 0) is 43.7 Å². The molecule has 1 saturated carbocycles. The fraction of sp³-hybridized carbons (Fsp3) is 0.316. The van der Waals surface area contributed by atoms with Gasteiger partial charge in [-0.25, -0.2) is 17.6 Å². The Morgan fingerprint density at radius 1 is 1.23 bits per heavy atom. The molecule has 3 atom stereocenters. The molecule has 0 bridgehead atoms. The highest BCUT2D eigenvalue weighted by molar-refractivity contribution is 7.92. The molecule has 0 unspecified atom stereocenters. The van der Waals surface area contributed by atoms with Gasteiger partial charge in [-0.3, -0.25) is 0 Å². The van der Waals surface area contributed by atoms with E-state index in [-0.39, 0.29) is 11.5 Å². The van der Waals surface area contributed by atoms with Gasteiger partial charge in [0.1, 0.15) is 16.6 Å². The molecule has 0 aromatic heterocycles. The first-order valence-corrected chi connectivity index (χ1v) is 9.79. The minimum absolute atomic E-state index is 0.0744. The summed E-state index contributed by atoms with van der Waals surface area (Å²) >= 11 is 0. The molecule has 0 saturated heterocycles. The highest BCUT2D eigenvalue weighted by Gasteiger charge is 2.74. The lowest BCUT2D eigenvalue weighted by Gasteiger charge is -2.11. The summed E-state index contributed by atoms with van der Waals surface area (Å²) in [5, 5.41) is -1.21. The van der Waals surface area contributed by atoms with E-state index >= 15 is 0 Å². The van der Waals surface area contributed by atoms with E-state index in [1.54, 1.807) is 25.1 Å². The fourth-order valence-electron chi connectivity index (χ4n) is 3.33. The van der Waals surface area contributed by atoms with Crippen LogP contribution in [0.4, 0.5) is 4.39 Å². The molecule has 5 nitrogen and oxygen atoms in total. The lowest BCUT2D eigenvalue weighted by atomic mass is 10.1. The van der Waals surface area contributed by atoms with Gasteiger partial charge in [0, 0.05) is 5.92 Å². The second kappa shape index (κ2) is 6.48. The number of aryl methyl sites for hydroxylation is 1. The van der Waals surface area contributed by atoms with Crippen LogP contribution in [0.5, 0.6) is 0 Å². The van der Waals surface area contributed by atoms with E-state index in [1.807, 2.05) is 6.92 Å². The average Bonchev–Trinajstić information content (AvgIpc) is 3.24. The number of sulfone groups is 1. The third-order valence-corrected chi connectivity index (χ3v) is 6.96. The van der Waals surface area contributed by atoms with Crippen molar-refractivity contribution < 1.29 is 22.3 Å². The van der Waals surface area contributed by atoms with Gasteiger partial charge in [-0.15, -0.1) is 0 Å². The molecule has 0 radical (unpaired) electrons. The van der Waals surface area contributed by atoms with Gasteiger partial charge < -0.3 is 10.5 Å². The van der Waals surface area contributed by atoms with Crippen molar-refractivity contribution in [3.8, 4) is 0 Å². The number of hydrogen-bond donors (Lipinski definition) is 1. The quantitative estimate of drug-likeness (QED) is 0.808. The Kier molecular flexibility index (Phi) is 4.62. The number of carbonyl (C=O) groups excluding carboxylic acids is 1. The van der Waals surface area contributed by atoms with Crippen molar-refractivity contribution in [1.82, 2.24) is 0 Å². The predicted octanol–water partition coefficient (Wildman–Crippen LogP) is 2.33. The predicted molar refractivity (Wildman–Crippen MR) is 94.8 cm³/mol. The third kappa shape index (κ3) is 2.91. The Bertz CT molecular complexity index is 942. The van der Waals surface area contributed by atoms with E-state index in [0.717, 1.165) is 5.56 Å². The number of rotatable bonds is 5. The van der Waals surface area contributed by atoms with Crippen LogP contribution in [0.3, 0.4) is 0 Å². The molecule has 1 fully saturated rings. The zero-order chi connectivity index (χ0) is 19.1. The van der Waals surface area contributed by atoms with Crippen LogP contribution >= 0.6 is 0 Å². The second-order valence-corrected chi connectivity index (χ2v) is 8.53. The van der Waals surface area contributed by atoms with Crippen molar-refractivity contribution in [3.05, 3.63) is 65.5 Å². The Balaban J connectivity index is 2.07. The van der Waals surface area contributed by atoms with Crippen LogP contribution in [0.25, 0.3) is 0 Å². The zero-order valence-corrected chi connectivity index (χ0v) is 15.3. The number of ether oxygens (including phenoxy) is 1. The van der Waals surface area contributed by atoms with Gasteiger partial charge in [0.2, 0.25) is 0 Å². The first-order valence-electron chi connectivity index (χ1n) is 8.25. The van der Waals surface area contributed by atoms with Gasteiger partial charge in [0.05, 0.1) is 11.5 Å². The molecule has 138 valence electrons. The Morgan fingerprint density at radius 3 is 2.46 bits per heavy atom. The lowest BCUT2D eigenvalue weighted by molar-refractivity contribution is -0.145. The summed E-state index contributed by atoms with van der Waals surface area (Å²) in [5.74, 6) is -2.19. The van der Waals surface area contributed by atoms with Crippen LogP contribution < -0.4 is 5.73 Å². The van der Waals surface area contributed by atoms with E-state index < -0.39 is 38.3 Å². The van der Waals surface area contributed by atoms with Crippen molar-refractivity contribution in [2.45, 2.75) is 35.4 Å². The number of esters is 1. The van der Waals surface area contributed by atoms with Crippen molar-refractivity contribution in [2.75, 3.05) is 6.61 Å². The average molecular weight is 377 g/mol. The highest BCUT2D eigenvalue weighted by atomic mass is 32.2. The SMILES string of the molecule is CCOC(=O)[C@@]1(N)[C@@H](c2cccc(F)c2)[C@@H]1S(=O)(=O)c1ccc(C)cc1.